The van der Waals surface area contributed by atoms with E-state index < -0.39 is 0 Å². The van der Waals surface area contributed by atoms with Crippen molar-refractivity contribution < 1.29 is 0 Å². The van der Waals surface area contributed by atoms with E-state index in [9.17, 15) is 0 Å². The molecule has 0 aromatic carbocycles. The molecule has 0 aliphatic heterocycles. The lowest BCUT2D eigenvalue weighted by molar-refractivity contribution is 0.635. The van der Waals surface area contributed by atoms with Gasteiger partial charge in [0.05, 0.1) is 0 Å². The van der Waals surface area contributed by atoms with Gasteiger partial charge >= 0.3 is 0 Å². The van der Waals surface area contributed by atoms with Crippen LogP contribution in [-0.2, 0) is 0 Å². The van der Waals surface area contributed by atoms with Gasteiger partial charge in [-0.05, 0) is 12.0 Å². The fraction of sp³-hybridized carbons (Fsp3) is 0.167. The Morgan fingerprint density at radius 3 is 2.25 bits per heavy atom. The number of hydrogen-bond acceptors (Lipinski definition) is 0. The highest BCUT2D eigenvalue weighted by molar-refractivity contribution is 5.38. The summed E-state index contributed by atoms with van der Waals surface area (Å²) in [6.45, 7) is 11.3. The second-order valence-corrected chi connectivity index (χ2v) is 2.97. The molecule has 0 radical (unpaired) electrons. The SMILES string of the molecule is C=CC1=CCC(C=C)(C=C)C=C1. The summed E-state index contributed by atoms with van der Waals surface area (Å²) in [5.41, 5.74) is 1.14. The molecule has 0 heterocycles. The number of hydrogen-bond donors (Lipinski definition) is 0. The maximum Gasteiger partial charge on any atom is 0.0274 e. The van der Waals surface area contributed by atoms with E-state index in [4.69, 9.17) is 0 Å². The molecule has 0 unspecified atom stereocenters. The quantitative estimate of drug-likeness (QED) is 0.552. The van der Waals surface area contributed by atoms with Gasteiger partial charge in [-0.2, -0.15) is 0 Å². The van der Waals surface area contributed by atoms with Crippen LogP contribution in [0.5, 0.6) is 0 Å². The highest BCUT2D eigenvalue weighted by Crippen LogP contribution is 2.32. The van der Waals surface area contributed by atoms with Crippen LogP contribution >= 0.6 is 0 Å². The van der Waals surface area contributed by atoms with E-state index in [1.54, 1.807) is 0 Å². The zero-order valence-electron chi connectivity index (χ0n) is 7.29. The highest BCUT2D eigenvalue weighted by atomic mass is 14.2. The Bertz CT molecular complexity index is 256. The summed E-state index contributed by atoms with van der Waals surface area (Å²) in [5.74, 6) is 0. The van der Waals surface area contributed by atoms with Gasteiger partial charge in [-0.25, -0.2) is 0 Å². The van der Waals surface area contributed by atoms with E-state index in [1.165, 1.54) is 5.57 Å². The predicted octanol–water partition coefficient (Wildman–Crippen LogP) is 3.42. The molecule has 0 aromatic rings. The summed E-state index contributed by atoms with van der Waals surface area (Å²) in [5, 5.41) is 0. The maximum atomic E-state index is 3.80. The van der Waals surface area contributed by atoms with Crippen LogP contribution in [0.3, 0.4) is 0 Å². The van der Waals surface area contributed by atoms with E-state index in [0.29, 0.717) is 0 Å². The Morgan fingerprint density at radius 2 is 1.92 bits per heavy atom. The standard InChI is InChI=1S/C12H14/c1-4-11-7-9-12(5-2,6-3)10-8-11/h4-9H,1-3,10H2. The minimum Gasteiger partial charge on any atom is -0.102 e. The van der Waals surface area contributed by atoms with Gasteiger partial charge in [0.2, 0.25) is 0 Å². The maximum absolute atomic E-state index is 3.80. The lowest BCUT2D eigenvalue weighted by Crippen LogP contribution is -2.11. The van der Waals surface area contributed by atoms with Crippen LogP contribution in [0.15, 0.2) is 61.8 Å². The van der Waals surface area contributed by atoms with Crippen LogP contribution in [-0.4, -0.2) is 0 Å². The van der Waals surface area contributed by atoms with Gasteiger partial charge in [-0.15, -0.1) is 13.2 Å². The molecule has 1 aliphatic rings. The molecule has 0 saturated heterocycles. The largest absolute Gasteiger partial charge is 0.102 e. The van der Waals surface area contributed by atoms with Crippen molar-refractivity contribution in [3.8, 4) is 0 Å². The molecule has 12 heavy (non-hydrogen) atoms. The van der Waals surface area contributed by atoms with Crippen molar-refractivity contribution >= 4 is 0 Å². The fourth-order valence-electron chi connectivity index (χ4n) is 1.22. The Kier molecular flexibility index (Phi) is 2.49. The zero-order valence-corrected chi connectivity index (χ0v) is 7.29. The van der Waals surface area contributed by atoms with Crippen LogP contribution < -0.4 is 0 Å². The normalized spacial score (nSPS) is 19.5. The van der Waals surface area contributed by atoms with Crippen molar-refractivity contribution in [2.75, 3.05) is 0 Å². The fourth-order valence-corrected chi connectivity index (χ4v) is 1.22. The summed E-state index contributed by atoms with van der Waals surface area (Å²) in [6, 6.07) is 0. The summed E-state index contributed by atoms with van der Waals surface area (Å²) in [7, 11) is 0. The van der Waals surface area contributed by atoms with Crippen molar-refractivity contribution in [1.82, 2.24) is 0 Å². The molecule has 0 aromatic heterocycles. The molecule has 62 valence electrons. The molecule has 0 bridgehead atoms. The lowest BCUT2D eigenvalue weighted by Gasteiger charge is -2.24. The third kappa shape index (κ3) is 1.48. The van der Waals surface area contributed by atoms with Gasteiger partial charge in [-0.1, -0.05) is 43.0 Å². The minimum atomic E-state index is -0.0352. The van der Waals surface area contributed by atoms with Gasteiger partial charge < -0.3 is 0 Å². The molecule has 0 amide bonds. The van der Waals surface area contributed by atoms with Crippen molar-refractivity contribution in [2.24, 2.45) is 5.41 Å². The predicted molar refractivity (Wildman–Crippen MR) is 54.9 cm³/mol. The first-order valence-corrected chi connectivity index (χ1v) is 4.05. The summed E-state index contributed by atoms with van der Waals surface area (Å²) < 4.78 is 0. The first-order valence-electron chi connectivity index (χ1n) is 4.05. The van der Waals surface area contributed by atoms with Crippen molar-refractivity contribution in [3.63, 3.8) is 0 Å². The summed E-state index contributed by atoms with van der Waals surface area (Å²) in [6.07, 6.45) is 13.0. The monoisotopic (exact) mass is 158 g/mol. The summed E-state index contributed by atoms with van der Waals surface area (Å²) >= 11 is 0. The first kappa shape index (κ1) is 8.79. The van der Waals surface area contributed by atoms with Crippen LogP contribution in [0.4, 0.5) is 0 Å². The van der Waals surface area contributed by atoms with Crippen LogP contribution in [0.1, 0.15) is 6.42 Å². The molecule has 1 aliphatic carbocycles. The molecular formula is C12H14. The Hall–Kier alpha value is -1.30. The Morgan fingerprint density at radius 1 is 1.25 bits per heavy atom. The van der Waals surface area contributed by atoms with E-state index in [0.717, 1.165) is 6.42 Å². The van der Waals surface area contributed by atoms with Gasteiger partial charge in [-0.3, -0.25) is 0 Å². The van der Waals surface area contributed by atoms with E-state index >= 15 is 0 Å². The average Bonchev–Trinajstić information content (AvgIpc) is 2.18. The lowest BCUT2D eigenvalue weighted by atomic mass is 9.80. The number of allylic oxidation sites excluding steroid dienone is 7. The van der Waals surface area contributed by atoms with Crippen LogP contribution in [0.2, 0.25) is 0 Å². The van der Waals surface area contributed by atoms with Crippen molar-refractivity contribution in [3.05, 3.63) is 61.8 Å². The zero-order chi connectivity index (χ0) is 9.03. The second-order valence-electron chi connectivity index (χ2n) is 2.97. The minimum absolute atomic E-state index is 0.0352. The average molecular weight is 158 g/mol. The van der Waals surface area contributed by atoms with Crippen LogP contribution in [0, 0.1) is 5.41 Å². The third-order valence-electron chi connectivity index (χ3n) is 2.27. The second kappa shape index (κ2) is 3.40. The van der Waals surface area contributed by atoms with Gasteiger partial charge in [0.15, 0.2) is 0 Å². The molecule has 1 rings (SSSR count). The van der Waals surface area contributed by atoms with Crippen molar-refractivity contribution in [2.45, 2.75) is 6.42 Å². The molecule has 0 atom stereocenters. The summed E-state index contributed by atoms with van der Waals surface area (Å²) in [4.78, 5) is 0. The molecule has 0 spiro atoms. The van der Waals surface area contributed by atoms with Gasteiger partial charge in [0.1, 0.15) is 0 Å². The molecule has 0 nitrogen and oxygen atoms in total. The molecule has 0 saturated carbocycles. The molecular weight excluding hydrogens is 144 g/mol. The Balaban J connectivity index is 2.87. The molecule has 0 N–H and O–H groups in total. The molecule has 0 fully saturated rings. The smallest absolute Gasteiger partial charge is 0.0274 e. The van der Waals surface area contributed by atoms with Gasteiger partial charge in [0, 0.05) is 5.41 Å². The number of rotatable bonds is 3. The molecule has 0 heteroatoms. The van der Waals surface area contributed by atoms with E-state index in [-0.39, 0.29) is 5.41 Å². The topological polar surface area (TPSA) is 0 Å². The van der Waals surface area contributed by atoms with E-state index in [1.807, 2.05) is 18.2 Å². The van der Waals surface area contributed by atoms with Gasteiger partial charge in [0.25, 0.3) is 0 Å². The first-order chi connectivity index (χ1) is 5.76. The van der Waals surface area contributed by atoms with Crippen molar-refractivity contribution in [1.29, 1.82) is 0 Å². The highest BCUT2D eigenvalue weighted by Gasteiger charge is 2.19. The van der Waals surface area contributed by atoms with E-state index in [2.05, 4.69) is 38.0 Å². The Labute approximate surface area is 74.3 Å². The third-order valence-corrected chi connectivity index (χ3v) is 2.27. The van der Waals surface area contributed by atoms with Crippen LogP contribution in [0.25, 0.3) is 0 Å².